The van der Waals surface area contributed by atoms with Crippen LogP contribution < -0.4 is 0 Å². The molecule has 0 amide bonds. The molecule has 2 nitrogen and oxygen atoms in total. The van der Waals surface area contributed by atoms with Gasteiger partial charge in [-0.25, -0.2) is 0 Å². The summed E-state index contributed by atoms with van der Waals surface area (Å²) >= 11 is -1.83. The zero-order chi connectivity index (χ0) is 13.0. The van der Waals surface area contributed by atoms with Gasteiger partial charge in [-0.1, -0.05) is 0 Å². The molecule has 0 aromatic heterocycles. The average Bonchev–Trinajstić information content (AvgIpc) is 2.37. The Bertz CT molecular complexity index is 395. The van der Waals surface area contributed by atoms with Gasteiger partial charge in [0.25, 0.3) is 0 Å². The van der Waals surface area contributed by atoms with Crippen molar-refractivity contribution in [1.82, 2.24) is 0 Å². The van der Waals surface area contributed by atoms with E-state index in [0.717, 1.165) is 18.6 Å². The summed E-state index contributed by atoms with van der Waals surface area (Å²) in [5.41, 5.74) is 1.11. The number of hydrogen-bond donors (Lipinski definition) is 0. The van der Waals surface area contributed by atoms with Crippen LogP contribution in [0.1, 0.15) is 18.3 Å². The summed E-state index contributed by atoms with van der Waals surface area (Å²) in [6, 6.07) is 10.2. The Morgan fingerprint density at radius 3 is 2.56 bits per heavy atom. The SMILES string of the molecule is [CH3][Sn]([CH3])([CH3])/[CH]=C/C1CCO[C@@H](c2ccccc2)O1. The van der Waals surface area contributed by atoms with E-state index in [9.17, 15) is 0 Å². The van der Waals surface area contributed by atoms with Crippen LogP contribution in [-0.4, -0.2) is 31.1 Å². The molecule has 1 aliphatic heterocycles. The molecule has 18 heavy (non-hydrogen) atoms. The van der Waals surface area contributed by atoms with Gasteiger partial charge < -0.3 is 0 Å². The summed E-state index contributed by atoms with van der Waals surface area (Å²) in [6.45, 7) is 0.772. The first-order chi connectivity index (χ1) is 8.54. The fraction of sp³-hybridized carbons (Fsp3) is 0.467. The van der Waals surface area contributed by atoms with Crippen LogP contribution in [-0.2, 0) is 9.47 Å². The van der Waals surface area contributed by atoms with E-state index in [2.05, 4.69) is 37.1 Å². The van der Waals surface area contributed by atoms with Crippen molar-refractivity contribution >= 4 is 18.4 Å². The van der Waals surface area contributed by atoms with E-state index in [1.807, 2.05) is 18.2 Å². The Labute approximate surface area is 114 Å². The van der Waals surface area contributed by atoms with Crippen molar-refractivity contribution in [1.29, 1.82) is 0 Å². The Hall–Kier alpha value is -0.321. The third kappa shape index (κ3) is 4.41. The molecule has 98 valence electrons. The van der Waals surface area contributed by atoms with Crippen LogP contribution in [0.5, 0.6) is 0 Å². The predicted octanol–water partition coefficient (Wildman–Crippen LogP) is 3.92. The monoisotopic (exact) mass is 354 g/mol. The Balaban J connectivity index is 1.99. The van der Waals surface area contributed by atoms with Crippen LogP contribution in [0, 0.1) is 0 Å². The quantitative estimate of drug-likeness (QED) is 0.767. The molecule has 1 aliphatic rings. The van der Waals surface area contributed by atoms with Gasteiger partial charge in [-0.15, -0.1) is 0 Å². The number of ether oxygens (including phenoxy) is 2. The van der Waals surface area contributed by atoms with E-state index in [1.165, 1.54) is 0 Å². The predicted molar refractivity (Wildman–Crippen MR) is 77.1 cm³/mol. The number of benzene rings is 1. The second kappa shape index (κ2) is 6.22. The standard InChI is InChI=1S/C12H13O2.3CH3.Sn/c1-2-11-8-9-13-12(14-11)10-6-4-3-5-7-10;;;;/h1-7,11-12H,8-9H2;3*1H3;/t11?,12-;;;;/m1..../s1. The zero-order valence-electron chi connectivity index (χ0n) is 11.4. The van der Waals surface area contributed by atoms with Gasteiger partial charge in [0, 0.05) is 0 Å². The van der Waals surface area contributed by atoms with E-state index in [1.54, 1.807) is 0 Å². The molecule has 0 bridgehead atoms. The first-order valence-electron chi connectivity index (χ1n) is 6.56. The summed E-state index contributed by atoms with van der Waals surface area (Å²) in [5, 5.41) is 0. The minimum atomic E-state index is -1.83. The van der Waals surface area contributed by atoms with Gasteiger partial charge in [0.1, 0.15) is 0 Å². The molecule has 0 N–H and O–H groups in total. The van der Waals surface area contributed by atoms with Crippen molar-refractivity contribution in [2.75, 3.05) is 6.61 Å². The van der Waals surface area contributed by atoms with Gasteiger partial charge in [-0.05, 0) is 0 Å². The van der Waals surface area contributed by atoms with Crippen molar-refractivity contribution in [3.63, 3.8) is 0 Å². The third-order valence-electron chi connectivity index (χ3n) is 2.85. The maximum absolute atomic E-state index is 5.99. The van der Waals surface area contributed by atoms with Crippen molar-refractivity contribution in [2.24, 2.45) is 0 Å². The molecule has 1 aromatic carbocycles. The molecule has 2 rings (SSSR count). The summed E-state index contributed by atoms with van der Waals surface area (Å²) < 4.78 is 14.1. The van der Waals surface area contributed by atoms with Crippen molar-refractivity contribution in [2.45, 2.75) is 33.6 Å². The van der Waals surface area contributed by atoms with Crippen molar-refractivity contribution < 1.29 is 9.47 Å². The van der Waals surface area contributed by atoms with Gasteiger partial charge in [0.05, 0.1) is 0 Å². The fourth-order valence-electron chi connectivity index (χ4n) is 1.88. The summed E-state index contributed by atoms with van der Waals surface area (Å²) in [7, 11) is 0. The summed E-state index contributed by atoms with van der Waals surface area (Å²) in [5.74, 6) is 0. The molecular formula is C15H22O2Sn. The fourth-order valence-corrected chi connectivity index (χ4v) is 4.14. The van der Waals surface area contributed by atoms with Gasteiger partial charge in [-0.3, -0.25) is 0 Å². The van der Waals surface area contributed by atoms with Gasteiger partial charge in [-0.2, -0.15) is 0 Å². The van der Waals surface area contributed by atoms with E-state index >= 15 is 0 Å². The molecule has 0 spiro atoms. The summed E-state index contributed by atoms with van der Waals surface area (Å²) in [4.78, 5) is 7.21. The van der Waals surface area contributed by atoms with E-state index in [0.29, 0.717) is 0 Å². The second-order valence-electron chi connectivity index (χ2n) is 5.80. The zero-order valence-corrected chi connectivity index (χ0v) is 14.3. The minimum absolute atomic E-state index is 0.204. The molecule has 1 heterocycles. The van der Waals surface area contributed by atoms with E-state index in [4.69, 9.17) is 9.47 Å². The summed E-state index contributed by atoms with van der Waals surface area (Å²) in [6.07, 6.45) is 3.22. The van der Waals surface area contributed by atoms with Crippen LogP contribution >= 0.6 is 0 Å². The molecular weight excluding hydrogens is 331 g/mol. The first-order valence-corrected chi connectivity index (χ1v) is 16.8. The Morgan fingerprint density at radius 1 is 1.17 bits per heavy atom. The van der Waals surface area contributed by atoms with Gasteiger partial charge >= 0.3 is 114 Å². The van der Waals surface area contributed by atoms with Gasteiger partial charge in [0.2, 0.25) is 0 Å². The third-order valence-corrected chi connectivity index (χ3v) is 6.26. The molecule has 0 radical (unpaired) electrons. The molecule has 1 aromatic rings. The second-order valence-corrected chi connectivity index (χ2v) is 20.3. The van der Waals surface area contributed by atoms with E-state index in [-0.39, 0.29) is 12.4 Å². The normalized spacial score (nSPS) is 25.5. The molecule has 1 saturated heterocycles. The van der Waals surface area contributed by atoms with Crippen LogP contribution in [0.2, 0.25) is 14.8 Å². The topological polar surface area (TPSA) is 18.5 Å². The van der Waals surface area contributed by atoms with Crippen LogP contribution in [0.25, 0.3) is 0 Å². The van der Waals surface area contributed by atoms with Crippen molar-refractivity contribution in [3.05, 3.63) is 46.1 Å². The Morgan fingerprint density at radius 2 is 1.89 bits per heavy atom. The molecule has 2 atom stereocenters. The first kappa shape index (κ1) is 14.1. The van der Waals surface area contributed by atoms with Crippen LogP contribution in [0.4, 0.5) is 0 Å². The van der Waals surface area contributed by atoms with Crippen molar-refractivity contribution in [3.8, 4) is 0 Å². The molecule has 0 aliphatic carbocycles. The molecule has 0 saturated carbocycles. The molecule has 1 unspecified atom stereocenters. The number of hydrogen-bond acceptors (Lipinski definition) is 2. The van der Waals surface area contributed by atoms with Gasteiger partial charge in [0.15, 0.2) is 0 Å². The van der Waals surface area contributed by atoms with E-state index < -0.39 is 18.4 Å². The maximum atomic E-state index is 5.99. The molecule has 3 heteroatoms. The van der Waals surface area contributed by atoms with Crippen LogP contribution in [0.15, 0.2) is 40.5 Å². The average molecular weight is 353 g/mol. The number of rotatable bonds is 3. The van der Waals surface area contributed by atoms with Crippen LogP contribution in [0.3, 0.4) is 0 Å². The Kier molecular flexibility index (Phi) is 4.87. The molecule has 1 fully saturated rings.